The molecular weight excluding hydrogens is 835 g/mol. The zero-order valence-electron chi connectivity index (χ0n) is 28.2. The molecule has 2 aliphatic heterocycles. The Hall–Kier alpha value is -5.98. The number of alkyl halides is 9. The van der Waals surface area contributed by atoms with Crippen molar-refractivity contribution in [1.82, 2.24) is 19.9 Å². The fourth-order valence-corrected chi connectivity index (χ4v) is 5.25. The molecule has 4 aromatic rings. The summed E-state index contributed by atoms with van der Waals surface area (Å²) < 4.78 is 95.2. The monoisotopic (exact) mass is 860 g/mol. The molecule has 0 saturated carbocycles. The van der Waals surface area contributed by atoms with Gasteiger partial charge in [-0.05, 0) is 48.2 Å². The number of hydrogen-bond acceptors (Lipinski definition) is 12. The first kappa shape index (κ1) is 45.4. The summed E-state index contributed by atoms with van der Waals surface area (Å²) in [5.41, 5.74) is 4.53. The summed E-state index contributed by atoms with van der Waals surface area (Å²) in [5, 5.41) is 34.4. The van der Waals surface area contributed by atoms with Crippen LogP contribution < -0.4 is 20.9 Å². The van der Waals surface area contributed by atoms with E-state index in [4.69, 9.17) is 41.3 Å². The molecule has 0 spiro atoms. The molecule has 0 unspecified atom stereocenters. The van der Waals surface area contributed by atoms with Crippen LogP contribution in [-0.4, -0.2) is 90.7 Å². The largest absolute Gasteiger partial charge is 0.490 e. The number of carbonyl (C=O) groups excluding carboxylic acids is 1. The van der Waals surface area contributed by atoms with Gasteiger partial charge < -0.3 is 36.2 Å². The zero-order valence-corrected chi connectivity index (χ0v) is 29.8. The van der Waals surface area contributed by atoms with Crippen LogP contribution in [0.5, 0.6) is 0 Å². The van der Waals surface area contributed by atoms with Gasteiger partial charge in [-0.25, -0.2) is 24.4 Å². The van der Waals surface area contributed by atoms with Crippen LogP contribution in [-0.2, 0) is 32.0 Å². The molecule has 308 valence electrons. The molecule has 0 radical (unpaired) electrons. The number of fused-ring (bicyclic) bond motifs is 6. The molecule has 2 aliphatic rings. The number of rotatable bonds is 4. The van der Waals surface area contributed by atoms with Crippen LogP contribution in [0.3, 0.4) is 0 Å². The van der Waals surface area contributed by atoms with E-state index >= 15 is 0 Å². The highest BCUT2D eigenvalue weighted by Gasteiger charge is 2.39. The Labute approximate surface area is 322 Å². The second kappa shape index (κ2) is 19.2. The Kier molecular flexibility index (Phi) is 15.3. The molecule has 5 heterocycles. The average Bonchev–Trinajstić information content (AvgIpc) is 3.62. The van der Waals surface area contributed by atoms with Gasteiger partial charge in [0.1, 0.15) is 5.02 Å². The quantitative estimate of drug-likeness (QED) is 0.115. The van der Waals surface area contributed by atoms with Crippen LogP contribution >= 0.6 is 22.9 Å². The highest BCUT2D eigenvalue weighted by molar-refractivity contribution is 7.13. The number of aryl methyl sites for hydroxylation is 2. The number of anilines is 6. The van der Waals surface area contributed by atoms with Crippen LogP contribution in [0.2, 0.25) is 5.02 Å². The molecule has 1 amide bonds. The first-order valence-electron chi connectivity index (χ1n) is 15.4. The van der Waals surface area contributed by atoms with E-state index in [0.717, 1.165) is 59.3 Å². The molecule has 6 bridgehead atoms. The van der Waals surface area contributed by atoms with Crippen LogP contribution in [0.1, 0.15) is 17.5 Å². The van der Waals surface area contributed by atoms with E-state index in [0.29, 0.717) is 29.1 Å². The van der Waals surface area contributed by atoms with Gasteiger partial charge >= 0.3 is 36.4 Å². The van der Waals surface area contributed by atoms with Crippen molar-refractivity contribution in [1.29, 1.82) is 0 Å². The number of hydrogen-bond donors (Lipinski definition) is 6. The molecule has 1 fully saturated rings. The number of benzene rings is 1. The number of carboxylic acids is 3. The van der Waals surface area contributed by atoms with Crippen LogP contribution in [0.15, 0.2) is 54.4 Å². The number of carboxylic acid groups (broad SMARTS) is 3. The fraction of sp³-hybridized carbons (Fsp3) is 0.290. The summed E-state index contributed by atoms with van der Waals surface area (Å²) in [4.78, 5) is 59.3. The van der Waals surface area contributed by atoms with E-state index in [1.165, 1.54) is 0 Å². The number of carbonyl (C=O) groups is 4. The van der Waals surface area contributed by atoms with Crippen molar-refractivity contribution in [3.8, 4) is 0 Å². The van der Waals surface area contributed by atoms with Crippen molar-refractivity contribution in [2.75, 3.05) is 33.9 Å². The normalized spacial score (nSPS) is 13.5. The maximum absolute atomic E-state index is 12.9. The summed E-state index contributed by atoms with van der Waals surface area (Å²) in [7, 11) is 0. The van der Waals surface area contributed by atoms with Crippen LogP contribution in [0.25, 0.3) is 0 Å². The number of nitrogens with zero attached hydrogens (tertiary/aromatic N) is 5. The smallest absolute Gasteiger partial charge is 0.475 e. The van der Waals surface area contributed by atoms with E-state index in [-0.39, 0.29) is 5.91 Å². The Morgan fingerprint density at radius 1 is 0.825 bits per heavy atom. The minimum atomic E-state index is -5.08. The van der Waals surface area contributed by atoms with Crippen molar-refractivity contribution in [3.63, 3.8) is 0 Å². The van der Waals surface area contributed by atoms with E-state index in [1.807, 2.05) is 42.0 Å². The first-order valence-corrected chi connectivity index (χ1v) is 16.7. The third-order valence-corrected chi connectivity index (χ3v) is 8.08. The summed E-state index contributed by atoms with van der Waals surface area (Å²) in [6.45, 7) is 1.71. The highest BCUT2D eigenvalue weighted by Crippen LogP contribution is 2.31. The van der Waals surface area contributed by atoms with Crippen LogP contribution in [0.4, 0.5) is 73.5 Å². The van der Waals surface area contributed by atoms with Crippen LogP contribution in [0, 0.1) is 5.92 Å². The van der Waals surface area contributed by atoms with Crippen molar-refractivity contribution in [2.24, 2.45) is 5.92 Å². The number of thiazole rings is 1. The Morgan fingerprint density at radius 3 is 1.96 bits per heavy atom. The Balaban J connectivity index is 0.000000341. The van der Waals surface area contributed by atoms with Gasteiger partial charge in [-0.3, -0.25) is 9.78 Å². The number of aromatic nitrogens is 4. The molecule has 3 aromatic heterocycles. The number of halogens is 10. The predicted octanol–water partition coefficient (Wildman–Crippen LogP) is 6.93. The van der Waals surface area contributed by atoms with Gasteiger partial charge in [0.2, 0.25) is 11.9 Å². The molecule has 1 aromatic carbocycles. The number of aliphatic carboxylic acids is 3. The standard InChI is InChI=1S/C25H23ClN8OS.3C2HF3O2/c26-20-12-29-24-31-19-7-15(10-27-11-19)1-2-17-9-18(30-23(20)33-24)3-4-21(17)32-22(35)8-16-13-34(14-16)25-28-5-6-36-25;3*3-2(4,5)1(6)7/h3-7,9-12,16H,1-2,8,13-14H2,(H,32,35)(H2,29,30,31,33);3*(H,6,7). The van der Waals surface area contributed by atoms with Gasteiger partial charge in [-0.15, -0.1) is 11.3 Å². The zero-order chi connectivity index (χ0) is 42.7. The molecule has 15 nitrogen and oxygen atoms in total. The molecule has 26 heteroatoms. The maximum Gasteiger partial charge on any atom is 0.490 e. The van der Waals surface area contributed by atoms with E-state index in [1.54, 1.807) is 23.7 Å². The third-order valence-electron chi connectivity index (χ3n) is 6.97. The number of amides is 1. The van der Waals surface area contributed by atoms with E-state index < -0.39 is 36.4 Å². The SMILES string of the molecule is O=C(CC1CN(c2nccs2)C1)Nc1ccc2cc1CCc1cncc(c1)Nc1ncc(Cl)c(n1)N2.O=C(O)C(F)(F)F.O=C(O)C(F)(F)F.O=C(O)C(F)(F)F. The van der Waals surface area contributed by atoms with Crippen molar-refractivity contribution in [3.05, 3.63) is 70.6 Å². The topological polar surface area (TPSA) is 220 Å². The molecule has 0 aliphatic carbocycles. The second-order valence-electron chi connectivity index (χ2n) is 11.3. The number of pyridine rings is 1. The van der Waals surface area contributed by atoms with Gasteiger partial charge in [0.15, 0.2) is 10.9 Å². The third kappa shape index (κ3) is 14.9. The lowest BCUT2D eigenvalue weighted by atomic mass is 9.96. The summed E-state index contributed by atoms with van der Waals surface area (Å²) >= 11 is 7.98. The lowest BCUT2D eigenvalue weighted by Gasteiger charge is -2.38. The average molecular weight is 861 g/mol. The highest BCUT2D eigenvalue weighted by atomic mass is 35.5. The summed E-state index contributed by atoms with van der Waals surface area (Å²) in [5.74, 6) is -7.00. The van der Waals surface area contributed by atoms with Gasteiger partial charge in [-0.2, -0.15) is 44.5 Å². The lowest BCUT2D eigenvalue weighted by Crippen LogP contribution is -2.48. The summed E-state index contributed by atoms with van der Waals surface area (Å²) in [6.07, 6.45) is -6.32. The minimum absolute atomic E-state index is 0.0232. The fourth-order valence-electron chi connectivity index (χ4n) is 4.44. The summed E-state index contributed by atoms with van der Waals surface area (Å²) in [6, 6.07) is 7.91. The minimum Gasteiger partial charge on any atom is -0.475 e. The molecule has 57 heavy (non-hydrogen) atoms. The van der Waals surface area contributed by atoms with Gasteiger partial charge in [-0.1, -0.05) is 11.6 Å². The Morgan fingerprint density at radius 2 is 1.42 bits per heavy atom. The first-order chi connectivity index (χ1) is 26.4. The van der Waals surface area contributed by atoms with E-state index in [2.05, 4.69) is 40.8 Å². The van der Waals surface area contributed by atoms with E-state index in [9.17, 15) is 44.3 Å². The molecule has 1 saturated heterocycles. The molecular formula is C31H26ClF9N8O7S. The van der Waals surface area contributed by atoms with Crippen molar-refractivity contribution in [2.45, 2.75) is 37.8 Å². The second-order valence-corrected chi connectivity index (χ2v) is 12.6. The van der Waals surface area contributed by atoms with Crippen molar-refractivity contribution >= 4 is 80.7 Å². The Bertz CT molecular complexity index is 1980. The van der Waals surface area contributed by atoms with Gasteiger partial charge in [0.05, 0.1) is 18.1 Å². The van der Waals surface area contributed by atoms with Gasteiger partial charge in [0, 0.05) is 54.6 Å². The molecule has 0 atom stereocenters. The molecule has 6 N–H and O–H groups in total. The lowest BCUT2D eigenvalue weighted by molar-refractivity contribution is -0.193. The van der Waals surface area contributed by atoms with Gasteiger partial charge in [0.25, 0.3) is 0 Å². The molecule has 6 rings (SSSR count). The maximum atomic E-state index is 12.9. The number of nitrogens with one attached hydrogen (secondary N) is 3. The van der Waals surface area contributed by atoms with Crippen molar-refractivity contribution < 1.29 is 74.0 Å². The predicted molar refractivity (Wildman–Crippen MR) is 184 cm³/mol.